The van der Waals surface area contributed by atoms with Crippen molar-refractivity contribution in [1.82, 2.24) is 0 Å². The second-order valence-electron chi connectivity index (χ2n) is 4.50. The van der Waals surface area contributed by atoms with Gasteiger partial charge in [0, 0.05) is 18.3 Å². The van der Waals surface area contributed by atoms with E-state index in [1.807, 2.05) is 18.2 Å². The van der Waals surface area contributed by atoms with Gasteiger partial charge < -0.3 is 10.6 Å². The average Bonchev–Trinajstić information content (AvgIpc) is 2.71. The molecule has 84 valence electrons. The number of hydrogen-bond donors (Lipinski definition) is 1. The lowest BCUT2D eigenvalue weighted by Crippen LogP contribution is -2.27. The van der Waals surface area contributed by atoms with Crippen LogP contribution in [0.5, 0.6) is 0 Å². The largest absolute Gasteiger partial charge is 0.368 e. The van der Waals surface area contributed by atoms with E-state index < -0.39 is 0 Å². The van der Waals surface area contributed by atoms with Crippen LogP contribution in [0.2, 0.25) is 0 Å². The lowest BCUT2D eigenvalue weighted by atomic mass is 10.1. The Morgan fingerprint density at radius 2 is 2.38 bits per heavy atom. The molecule has 2 atom stereocenters. The van der Waals surface area contributed by atoms with Gasteiger partial charge in [-0.3, -0.25) is 0 Å². The number of nitrogens with zero attached hydrogens (tertiary/aromatic N) is 2. The molecule has 0 aromatic heterocycles. The predicted octanol–water partition coefficient (Wildman–Crippen LogP) is 1.73. The Morgan fingerprint density at radius 1 is 1.56 bits per heavy atom. The van der Waals surface area contributed by atoms with Crippen molar-refractivity contribution < 1.29 is 0 Å². The van der Waals surface area contributed by atoms with E-state index in [1.165, 1.54) is 0 Å². The van der Waals surface area contributed by atoms with E-state index in [4.69, 9.17) is 11.0 Å². The van der Waals surface area contributed by atoms with E-state index in [0.29, 0.717) is 12.0 Å². The highest BCUT2D eigenvalue weighted by atomic mass is 15.2. The quantitative estimate of drug-likeness (QED) is 0.817. The Morgan fingerprint density at radius 3 is 3.00 bits per heavy atom. The molecule has 2 N–H and O–H groups in total. The van der Waals surface area contributed by atoms with Crippen molar-refractivity contribution in [3.63, 3.8) is 0 Å². The lowest BCUT2D eigenvalue weighted by Gasteiger charge is -2.23. The summed E-state index contributed by atoms with van der Waals surface area (Å²) in [6, 6.07) is 10.5. The lowest BCUT2D eigenvalue weighted by molar-refractivity contribution is 0.579. The van der Waals surface area contributed by atoms with Crippen molar-refractivity contribution in [3.05, 3.63) is 29.8 Å². The van der Waals surface area contributed by atoms with Gasteiger partial charge >= 0.3 is 0 Å². The first-order valence-electron chi connectivity index (χ1n) is 5.71. The molecule has 0 spiro atoms. The Balaban J connectivity index is 2.21. The van der Waals surface area contributed by atoms with Crippen LogP contribution in [-0.4, -0.2) is 19.1 Å². The molecule has 0 amide bonds. The first kappa shape index (κ1) is 11.0. The van der Waals surface area contributed by atoms with Crippen molar-refractivity contribution in [1.29, 1.82) is 5.26 Å². The fourth-order valence-corrected chi connectivity index (χ4v) is 2.43. The molecule has 0 aliphatic carbocycles. The van der Waals surface area contributed by atoms with Crippen LogP contribution in [0.25, 0.3) is 0 Å². The number of benzene rings is 1. The van der Waals surface area contributed by atoms with Crippen LogP contribution in [0, 0.1) is 17.2 Å². The monoisotopic (exact) mass is 215 g/mol. The molecule has 16 heavy (non-hydrogen) atoms. The molecule has 1 aromatic carbocycles. The van der Waals surface area contributed by atoms with Crippen molar-refractivity contribution in [2.24, 2.45) is 11.7 Å². The first-order chi connectivity index (χ1) is 7.74. The number of nitriles is 1. The number of anilines is 1. The van der Waals surface area contributed by atoms with Crippen molar-refractivity contribution in [2.45, 2.75) is 19.4 Å². The topological polar surface area (TPSA) is 53.0 Å². The highest BCUT2D eigenvalue weighted by molar-refractivity contribution is 5.53. The normalized spacial score (nSPS) is 24.4. The predicted molar refractivity (Wildman–Crippen MR) is 65.1 cm³/mol. The van der Waals surface area contributed by atoms with Gasteiger partial charge in [0.25, 0.3) is 0 Å². The third kappa shape index (κ3) is 2.02. The number of rotatable bonds is 2. The minimum atomic E-state index is 0.516. The molecule has 0 bridgehead atoms. The molecule has 1 heterocycles. The molecule has 2 unspecified atom stereocenters. The second kappa shape index (κ2) is 4.54. The van der Waals surface area contributed by atoms with E-state index in [9.17, 15) is 0 Å². The van der Waals surface area contributed by atoms with Gasteiger partial charge in [-0.15, -0.1) is 0 Å². The molecule has 3 heteroatoms. The molecule has 0 radical (unpaired) electrons. The van der Waals surface area contributed by atoms with E-state index in [-0.39, 0.29) is 0 Å². The van der Waals surface area contributed by atoms with Gasteiger partial charge in [-0.25, -0.2) is 0 Å². The number of nitrogens with two attached hydrogens (primary N) is 1. The van der Waals surface area contributed by atoms with Crippen LogP contribution in [0.1, 0.15) is 18.9 Å². The average molecular weight is 215 g/mol. The first-order valence-corrected chi connectivity index (χ1v) is 5.71. The minimum absolute atomic E-state index is 0.516. The maximum absolute atomic E-state index is 8.88. The van der Waals surface area contributed by atoms with Crippen molar-refractivity contribution >= 4 is 5.69 Å². The highest BCUT2D eigenvalue weighted by Gasteiger charge is 2.28. The summed E-state index contributed by atoms with van der Waals surface area (Å²) < 4.78 is 0. The smallest absolute Gasteiger partial charge is 0.0992 e. The molecule has 1 aliphatic heterocycles. The SMILES string of the molecule is CC1CC(CN)CN1c1cccc(C#N)c1. The molecule has 1 saturated heterocycles. The maximum Gasteiger partial charge on any atom is 0.0992 e. The summed E-state index contributed by atoms with van der Waals surface area (Å²) in [5, 5.41) is 8.88. The van der Waals surface area contributed by atoms with E-state index in [1.54, 1.807) is 0 Å². The molecular formula is C13H17N3. The summed E-state index contributed by atoms with van der Waals surface area (Å²) in [5.74, 6) is 0.584. The summed E-state index contributed by atoms with van der Waals surface area (Å²) in [4.78, 5) is 2.35. The fraction of sp³-hybridized carbons (Fsp3) is 0.462. The molecule has 1 fully saturated rings. The zero-order valence-corrected chi connectivity index (χ0v) is 9.56. The Bertz CT molecular complexity index is 408. The van der Waals surface area contributed by atoms with Gasteiger partial charge in [0.05, 0.1) is 11.6 Å². The van der Waals surface area contributed by atoms with Crippen LogP contribution in [0.3, 0.4) is 0 Å². The van der Waals surface area contributed by atoms with Gasteiger partial charge in [0.15, 0.2) is 0 Å². The van der Waals surface area contributed by atoms with Crippen LogP contribution < -0.4 is 10.6 Å². The van der Waals surface area contributed by atoms with Gasteiger partial charge in [-0.05, 0) is 44.0 Å². The fourth-order valence-electron chi connectivity index (χ4n) is 2.43. The van der Waals surface area contributed by atoms with Gasteiger partial charge in [0.1, 0.15) is 0 Å². The second-order valence-corrected chi connectivity index (χ2v) is 4.50. The molecule has 2 rings (SSSR count). The zero-order chi connectivity index (χ0) is 11.5. The molecular weight excluding hydrogens is 198 g/mol. The summed E-state index contributed by atoms with van der Waals surface area (Å²) in [6.45, 7) is 3.97. The molecule has 1 aromatic rings. The summed E-state index contributed by atoms with van der Waals surface area (Å²) in [5.41, 5.74) is 7.58. The summed E-state index contributed by atoms with van der Waals surface area (Å²) >= 11 is 0. The Kier molecular flexibility index (Phi) is 3.12. The van der Waals surface area contributed by atoms with Gasteiger partial charge in [-0.1, -0.05) is 6.07 Å². The third-order valence-electron chi connectivity index (χ3n) is 3.30. The van der Waals surface area contributed by atoms with Gasteiger partial charge in [0.2, 0.25) is 0 Å². The molecule has 0 saturated carbocycles. The summed E-state index contributed by atoms with van der Waals surface area (Å²) in [7, 11) is 0. The maximum atomic E-state index is 8.88. The summed E-state index contributed by atoms with van der Waals surface area (Å²) in [6.07, 6.45) is 1.15. The van der Waals surface area contributed by atoms with Crippen LogP contribution >= 0.6 is 0 Å². The Labute approximate surface area is 96.5 Å². The van der Waals surface area contributed by atoms with Crippen LogP contribution in [0.4, 0.5) is 5.69 Å². The van der Waals surface area contributed by atoms with Crippen molar-refractivity contribution in [2.75, 3.05) is 18.0 Å². The standard InChI is InChI=1S/C13H17N3/c1-10-5-12(8-15)9-16(10)13-4-2-3-11(6-13)7-14/h2-4,6,10,12H,5,8-9,15H2,1H3. The zero-order valence-electron chi connectivity index (χ0n) is 9.56. The highest BCUT2D eigenvalue weighted by Crippen LogP contribution is 2.28. The minimum Gasteiger partial charge on any atom is -0.368 e. The number of hydrogen-bond acceptors (Lipinski definition) is 3. The van der Waals surface area contributed by atoms with E-state index >= 15 is 0 Å². The van der Waals surface area contributed by atoms with Gasteiger partial charge in [-0.2, -0.15) is 5.26 Å². The van der Waals surface area contributed by atoms with Crippen LogP contribution in [0.15, 0.2) is 24.3 Å². The van der Waals surface area contributed by atoms with E-state index in [2.05, 4.69) is 24.0 Å². The van der Waals surface area contributed by atoms with Crippen molar-refractivity contribution in [3.8, 4) is 6.07 Å². The van der Waals surface area contributed by atoms with E-state index in [0.717, 1.165) is 30.8 Å². The Hall–Kier alpha value is -1.53. The molecule has 1 aliphatic rings. The van der Waals surface area contributed by atoms with Crippen LogP contribution in [-0.2, 0) is 0 Å². The third-order valence-corrected chi connectivity index (χ3v) is 3.30. The molecule has 3 nitrogen and oxygen atoms in total.